The molecule has 0 radical (unpaired) electrons. The van der Waals surface area contributed by atoms with E-state index in [9.17, 15) is 18.3 Å². The van der Waals surface area contributed by atoms with Crippen molar-refractivity contribution in [2.24, 2.45) is 0 Å². The third-order valence-electron chi connectivity index (χ3n) is 5.19. The molecule has 3 rings (SSSR count). The van der Waals surface area contributed by atoms with E-state index in [1.807, 2.05) is 0 Å². The number of benzene rings is 3. The summed E-state index contributed by atoms with van der Waals surface area (Å²) in [6.45, 7) is 0. The van der Waals surface area contributed by atoms with Gasteiger partial charge in [-0.2, -0.15) is 0 Å². The van der Waals surface area contributed by atoms with Gasteiger partial charge in [-0.3, -0.25) is 4.72 Å². The molecule has 0 aromatic heterocycles. The van der Waals surface area contributed by atoms with Gasteiger partial charge in [-0.15, -0.1) is 0 Å². The molecule has 10 nitrogen and oxygen atoms in total. The number of aromatic carboxylic acids is 1. The summed E-state index contributed by atoms with van der Waals surface area (Å²) in [5.41, 5.74) is 7.41. The van der Waals surface area contributed by atoms with Crippen LogP contribution in [-0.4, -0.2) is 47.9 Å². The Morgan fingerprint density at radius 2 is 1.50 bits per heavy atom. The number of hydrogen-bond acceptors (Lipinski definition) is 8. The highest BCUT2D eigenvalue weighted by molar-refractivity contribution is 7.95. The van der Waals surface area contributed by atoms with Crippen LogP contribution in [0, 0.1) is 0 Å². The maximum absolute atomic E-state index is 12.9. The predicted octanol–water partition coefficient (Wildman–Crippen LogP) is 4.08. The average molecular weight is 515 g/mol. The molecule has 0 heterocycles. The van der Waals surface area contributed by atoms with Gasteiger partial charge in [0, 0.05) is 34.6 Å². The number of carbonyl (C=O) groups is 1. The van der Waals surface area contributed by atoms with Gasteiger partial charge in [0.25, 0.3) is 10.0 Å². The zero-order chi connectivity index (χ0) is 26.5. The highest BCUT2D eigenvalue weighted by atomic mass is 32.2. The Balaban J connectivity index is 2.00. The average Bonchev–Trinajstić information content (AvgIpc) is 2.86. The summed E-state index contributed by atoms with van der Waals surface area (Å²) in [5, 5.41) is 10.6. The highest BCUT2D eigenvalue weighted by Crippen LogP contribution is 2.37. The van der Waals surface area contributed by atoms with Crippen molar-refractivity contribution in [3.63, 3.8) is 0 Å². The van der Waals surface area contributed by atoms with Crippen molar-refractivity contribution in [3.8, 4) is 34.1 Å². The molecule has 190 valence electrons. The summed E-state index contributed by atoms with van der Waals surface area (Å²) in [7, 11) is 1.80. The van der Waals surface area contributed by atoms with Crippen LogP contribution in [0.1, 0.15) is 15.9 Å². The summed E-state index contributed by atoms with van der Waals surface area (Å²) in [5.74, 6) is 0.368. The van der Waals surface area contributed by atoms with E-state index in [1.54, 1.807) is 12.1 Å². The van der Waals surface area contributed by atoms with Crippen molar-refractivity contribution in [3.05, 3.63) is 65.1 Å². The third-order valence-corrected chi connectivity index (χ3v) is 6.21. The SMILES string of the molecule is COc1cc(OC)c(/C=C/S(=O)(=O)Nc2ccc(OC)c(-c3cc(N)ccc3C(=O)O)c2)c(OC)c1. The Morgan fingerprint density at radius 3 is 2.06 bits per heavy atom. The Bertz CT molecular complexity index is 1390. The molecule has 0 spiro atoms. The molecule has 3 aromatic rings. The van der Waals surface area contributed by atoms with Crippen LogP contribution in [0.5, 0.6) is 23.0 Å². The Morgan fingerprint density at radius 1 is 0.861 bits per heavy atom. The van der Waals surface area contributed by atoms with E-state index < -0.39 is 16.0 Å². The van der Waals surface area contributed by atoms with Crippen LogP contribution in [0.25, 0.3) is 17.2 Å². The van der Waals surface area contributed by atoms with Gasteiger partial charge in [-0.05, 0) is 42.5 Å². The number of carboxylic acid groups (broad SMARTS) is 1. The summed E-state index contributed by atoms with van der Waals surface area (Å²) in [6.07, 6.45) is 1.34. The van der Waals surface area contributed by atoms with Crippen molar-refractivity contribution < 1.29 is 37.3 Å². The first kappa shape index (κ1) is 26.2. The molecule has 0 fully saturated rings. The predicted molar refractivity (Wildman–Crippen MR) is 137 cm³/mol. The molecule has 0 bridgehead atoms. The Hall–Kier alpha value is -4.38. The first-order valence-corrected chi connectivity index (χ1v) is 12.0. The monoisotopic (exact) mass is 514 g/mol. The van der Waals surface area contributed by atoms with Crippen molar-refractivity contribution in [2.45, 2.75) is 0 Å². The van der Waals surface area contributed by atoms with Crippen molar-refractivity contribution in [2.75, 3.05) is 38.9 Å². The van der Waals surface area contributed by atoms with Crippen molar-refractivity contribution >= 4 is 33.4 Å². The van der Waals surface area contributed by atoms with Crippen LogP contribution in [-0.2, 0) is 10.0 Å². The van der Waals surface area contributed by atoms with E-state index in [0.29, 0.717) is 39.8 Å². The second-order valence-corrected chi connectivity index (χ2v) is 8.99. The first-order chi connectivity index (χ1) is 17.1. The molecular weight excluding hydrogens is 488 g/mol. The number of nitrogens with one attached hydrogen (secondary N) is 1. The van der Waals surface area contributed by atoms with Crippen molar-refractivity contribution in [1.29, 1.82) is 0 Å². The third kappa shape index (κ3) is 5.81. The van der Waals surface area contributed by atoms with E-state index >= 15 is 0 Å². The summed E-state index contributed by atoms with van der Waals surface area (Å²) in [6, 6.07) is 12.0. The van der Waals surface area contributed by atoms with Gasteiger partial charge in [0.2, 0.25) is 0 Å². The van der Waals surface area contributed by atoms with Crippen LogP contribution in [0.15, 0.2) is 53.9 Å². The topological polar surface area (TPSA) is 146 Å². The fraction of sp³-hybridized carbons (Fsp3) is 0.160. The lowest BCUT2D eigenvalue weighted by Crippen LogP contribution is -2.09. The van der Waals surface area contributed by atoms with Crippen molar-refractivity contribution in [1.82, 2.24) is 0 Å². The first-order valence-electron chi connectivity index (χ1n) is 10.4. The minimum atomic E-state index is -4.01. The number of nitrogen functional groups attached to an aromatic ring is 1. The molecule has 0 saturated carbocycles. The van der Waals surface area contributed by atoms with Crippen LogP contribution >= 0.6 is 0 Å². The smallest absolute Gasteiger partial charge is 0.336 e. The van der Waals surface area contributed by atoms with E-state index in [2.05, 4.69) is 4.72 Å². The number of nitrogens with two attached hydrogens (primary N) is 1. The van der Waals surface area contributed by atoms with Gasteiger partial charge >= 0.3 is 5.97 Å². The number of hydrogen-bond donors (Lipinski definition) is 3. The molecule has 0 aliphatic heterocycles. The lowest BCUT2D eigenvalue weighted by molar-refractivity contribution is 0.0697. The standard InChI is InChI=1S/C25H26N2O8S/c1-32-17-13-23(34-3)19(24(14-17)35-4)9-10-36(30,31)27-16-6-8-22(33-2)21(12-16)20-11-15(26)5-7-18(20)25(28)29/h5-14,27H,26H2,1-4H3,(H,28,29)/b10-9+. The number of ether oxygens (including phenoxy) is 4. The Labute approximate surface area is 208 Å². The van der Waals surface area contributed by atoms with E-state index in [4.69, 9.17) is 24.7 Å². The fourth-order valence-electron chi connectivity index (χ4n) is 3.51. The van der Waals surface area contributed by atoms with E-state index in [-0.39, 0.29) is 16.8 Å². The van der Waals surface area contributed by atoms with Gasteiger partial charge in [0.15, 0.2) is 0 Å². The molecule has 0 aliphatic carbocycles. The normalized spacial score (nSPS) is 11.2. The summed E-state index contributed by atoms with van der Waals surface area (Å²) in [4.78, 5) is 11.8. The van der Waals surface area contributed by atoms with Crippen LogP contribution < -0.4 is 29.4 Å². The van der Waals surface area contributed by atoms with Crippen LogP contribution in [0.2, 0.25) is 0 Å². The molecule has 36 heavy (non-hydrogen) atoms. The van der Waals surface area contributed by atoms with Gasteiger partial charge in [0.05, 0.1) is 45.0 Å². The molecular formula is C25H26N2O8S. The van der Waals surface area contributed by atoms with Crippen LogP contribution in [0.3, 0.4) is 0 Å². The second kappa shape index (κ2) is 10.9. The maximum atomic E-state index is 12.9. The number of sulfonamides is 1. The molecule has 0 amide bonds. The van der Waals surface area contributed by atoms with E-state index in [0.717, 1.165) is 5.41 Å². The molecule has 0 unspecified atom stereocenters. The number of anilines is 2. The van der Waals surface area contributed by atoms with Gasteiger partial charge in [0.1, 0.15) is 23.0 Å². The lowest BCUT2D eigenvalue weighted by Gasteiger charge is -2.14. The number of methoxy groups -OCH3 is 4. The fourth-order valence-corrected chi connectivity index (χ4v) is 4.34. The van der Waals surface area contributed by atoms with Gasteiger partial charge in [-0.1, -0.05) is 0 Å². The molecule has 3 aromatic carbocycles. The van der Waals surface area contributed by atoms with Gasteiger partial charge in [-0.25, -0.2) is 13.2 Å². The highest BCUT2D eigenvalue weighted by Gasteiger charge is 2.18. The zero-order valence-electron chi connectivity index (χ0n) is 20.1. The molecule has 0 aliphatic rings. The van der Waals surface area contributed by atoms with Gasteiger partial charge < -0.3 is 29.8 Å². The van der Waals surface area contributed by atoms with E-state index in [1.165, 1.54) is 70.9 Å². The maximum Gasteiger partial charge on any atom is 0.336 e. The largest absolute Gasteiger partial charge is 0.496 e. The molecule has 0 saturated heterocycles. The summed E-state index contributed by atoms with van der Waals surface area (Å²) >= 11 is 0. The minimum Gasteiger partial charge on any atom is -0.496 e. The minimum absolute atomic E-state index is 0.0129. The zero-order valence-corrected chi connectivity index (χ0v) is 20.9. The lowest BCUT2D eigenvalue weighted by atomic mass is 9.97. The molecule has 0 atom stereocenters. The quantitative estimate of drug-likeness (QED) is 0.341. The van der Waals surface area contributed by atoms with Crippen LogP contribution in [0.4, 0.5) is 11.4 Å². The number of carboxylic acids is 1. The molecule has 4 N–H and O–H groups in total. The number of rotatable bonds is 10. The Kier molecular flexibility index (Phi) is 7.95. The molecule has 11 heteroatoms. The second-order valence-electron chi connectivity index (χ2n) is 7.42. The summed E-state index contributed by atoms with van der Waals surface area (Å²) < 4.78 is 49.5.